The first kappa shape index (κ1) is 13.8. The van der Waals surface area contributed by atoms with Crippen LogP contribution in [-0.4, -0.2) is 28.8 Å². The smallest absolute Gasteiger partial charge is 0.131 e. The molecule has 0 amide bonds. The quantitative estimate of drug-likeness (QED) is 0.920. The minimum atomic E-state index is 0.153. The normalized spacial score (nSPS) is 20.9. The summed E-state index contributed by atoms with van der Waals surface area (Å²) < 4.78 is 7.89. The first-order valence-electron chi connectivity index (χ1n) is 7.20. The zero-order valence-electron chi connectivity index (χ0n) is 11.8. The molecule has 0 aliphatic carbocycles. The van der Waals surface area contributed by atoms with Crippen molar-refractivity contribution in [3.63, 3.8) is 0 Å². The molecule has 4 nitrogen and oxygen atoms in total. The Bertz CT molecular complexity index is 517. The number of hydrogen-bond acceptors (Lipinski definition) is 4. The van der Waals surface area contributed by atoms with Crippen LogP contribution in [0.25, 0.3) is 0 Å². The van der Waals surface area contributed by atoms with Crippen LogP contribution in [-0.2, 0) is 11.8 Å². The number of imidazole rings is 1. The highest BCUT2D eigenvalue weighted by molar-refractivity contribution is 7.10. The van der Waals surface area contributed by atoms with Gasteiger partial charge in [-0.15, -0.1) is 11.3 Å². The summed E-state index contributed by atoms with van der Waals surface area (Å²) in [7, 11) is 2.04. The molecule has 5 heteroatoms. The van der Waals surface area contributed by atoms with Crippen molar-refractivity contribution in [1.82, 2.24) is 14.9 Å². The summed E-state index contributed by atoms with van der Waals surface area (Å²) in [5.74, 6) is 1.06. The van der Waals surface area contributed by atoms with Crippen molar-refractivity contribution in [3.05, 3.63) is 40.6 Å². The lowest BCUT2D eigenvalue weighted by Gasteiger charge is -2.25. The van der Waals surface area contributed by atoms with Crippen LogP contribution in [0.15, 0.2) is 29.9 Å². The molecule has 0 radical (unpaired) electrons. The first-order valence-corrected chi connectivity index (χ1v) is 8.08. The Hall–Kier alpha value is -1.17. The third-order valence-electron chi connectivity index (χ3n) is 3.77. The molecule has 20 heavy (non-hydrogen) atoms. The monoisotopic (exact) mass is 291 g/mol. The van der Waals surface area contributed by atoms with E-state index in [1.54, 1.807) is 11.3 Å². The van der Waals surface area contributed by atoms with Crippen LogP contribution in [0.4, 0.5) is 0 Å². The van der Waals surface area contributed by atoms with E-state index >= 15 is 0 Å². The molecule has 0 spiro atoms. The number of aryl methyl sites for hydroxylation is 1. The topological polar surface area (TPSA) is 39.1 Å². The highest BCUT2D eigenvalue weighted by atomic mass is 32.1. The molecule has 1 N–H and O–H groups in total. The number of aromatic nitrogens is 2. The van der Waals surface area contributed by atoms with Crippen LogP contribution < -0.4 is 5.32 Å². The average molecular weight is 291 g/mol. The second-order valence-corrected chi connectivity index (χ2v) is 6.22. The minimum Gasteiger partial charge on any atom is -0.377 e. The Labute approximate surface area is 123 Å². The third kappa shape index (κ3) is 3.11. The number of nitrogens with one attached hydrogen (secondary N) is 1. The SMILES string of the molecule is Cn1ccnc1C(NCC1CCCCO1)c1cccs1. The molecule has 108 valence electrons. The van der Waals surface area contributed by atoms with E-state index in [-0.39, 0.29) is 6.04 Å². The van der Waals surface area contributed by atoms with E-state index in [0.29, 0.717) is 6.10 Å². The van der Waals surface area contributed by atoms with Crippen LogP contribution in [0.1, 0.15) is 36.0 Å². The first-order chi connectivity index (χ1) is 9.84. The molecule has 1 aliphatic rings. The molecule has 1 aliphatic heterocycles. The standard InChI is InChI=1S/C15H21N3OS/c1-18-8-7-16-15(18)14(13-6-4-10-20-13)17-11-12-5-2-3-9-19-12/h4,6-8,10,12,14,17H,2-3,5,9,11H2,1H3. The van der Waals surface area contributed by atoms with Gasteiger partial charge in [-0.2, -0.15) is 0 Å². The second kappa shape index (κ2) is 6.52. The lowest BCUT2D eigenvalue weighted by molar-refractivity contribution is 0.0158. The van der Waals surface area contributed by atoms with E-state index in [4.69, 9.17) is 4.74 Å². The van der Waals surface area contributed by atoms with E-state index in [1.807, 2.05) is 19.4 Å². The summed E-state index contributed by atoms with van der Waals surface area (Å²) in [5.41, 5.74) is 0. The predicted octanol–water partition coefficient (Wildman–Crippen LogP) is 2.73. The number of thiophene rings is 1. The van der Waals surface area contributed by atoms with Gasteiger partial charge in [0, 0.05) is 37.5 Å². The number of nitrogens with zero attached hydrogens (tertiary/aromatic N) is 2. The Balaban J connectivity index is 1.71. The molecule has 0 saturated carbocycles. The summed E-state index contributed by atoms with van der Waals surface area (Å²) in [6, 6.07) is 4.41. The largest absolute Gasteiger partial charge is 0.377 e. The number of ether oxygens (including phenoxy) is 1. The molecule has 3 rings (SSSR count). The Morgan fingerprint density at radius 1 is 1.55 bits per heavy atom. The van der Waals surface area contributed by atoms with Crippen molar-refractivity contribution in [2.75, 3.05) is 13.2 Å². The van der Waals surface area contributed by atoms with Gasteiger partial charge in [0.2, 0.25) is 0 Å². The van der Waals surface area contributed by atoms with Gasteiger partial charge in [-0.1, -0.05) is 6.07 Å². The molecule has 2 unspecified atom stereocenters. The Kier molecular flexibility index (Phi) is 4.50. The van der Waals surface area contributed by atoms with Gasteiger partial charge in [-0.25, -0.2) is 4.98 Å². The van der Waals surface area contributed by atoms with Crippen LogP contribution in [0, 0.1) is 0 Å². The maximum atomic E-state index is 5.81. The predicted molar refractivity (Wildman–Crippen MR) is 81.0 cm³/mol. The van der Waals surface area contributed by atoms with Gasteiger partial charge in [0.05, 0.1) is 6.10 Å². The van der Waals surface area contributed by atoms with Gasteiger partial charge in [0.1, 0.15) is 11.9 Å². The summed E-state index contributed by atoms with van der Waals surface area (Å²) >= 11 is 1.77. The van der Waals surface area contributed by atoms with Gasteiger partial charge in [-0.3, -0.25) is 0 Å². The van der Waals surface area contributed by atoms with Crippen molar-refractivity contribution >= 4 is 11.3 Å². The zero-order chi connectivity index (χ0) is 13.8. The summed E-state index contributed by atoms with van der Waals surface area (Å²) in [5, 5.41) is 5.75. The van der Waals surface area contributed by atoms with Crippen LogP contribution in [0.5, 0.6) is 0 Å². The molecule has 3 heterocycles. The maximum absolute atomic E-state index is 5.81. The molecular formula is C15H21N3OS. The lowest BCUT2D eigenvalue weighted by Crippen LogP contribution is -2.35. The fourth-order valence-electron chi connectivity index (χ4n) is 2.65. The Morgan fingerprint density at radius 3 is 3.15 bits per heavy atom. The Morgan fingerprint density at radius 2 is 2.50 bits per heavy atom. The van der Waals surface area contributed by atoms with Gasteiger partial charge < -0.3 is 14.6 Å². The van der Waals surface area contributed by atoms with Crippen molar-refractivity contribution in [3.8, 4) is 0 Å². The molecule has 1 fully saturated rings. The highest BCUT2D eigenvalue weighted by Gasteiger charge is 2.21. The van der Waals surface area contributed by atoms with Gasteiger partial charge >= 0.3 is 0 Å². The molecule has 0 bridgehead atoms. The van der Waals surface area contributed by atoms with E-state index in [2.05, 4.69) is 32.4 Å². The summed E-state index contributed by atoms with van der Waals surface area (Å²) in [6.07, 6.45) is 7.82. The van der Waals surface area contributed by atoms with E-state index in [9.17, 15) is 0 Å². The average Bonchev–Trinajstić information content (AvgIpc) is 3.13. The lowest BCUT2D eigenvalue weighted by atomic mass is 10.1. The molecular weight excluding hydrogens is 270 g/mol. The fraction of sp³-hybridized carbons (Fsp3) is 0.533. The summed E-state index contributed by atoms with van der Waals surface area (Å²) in [4.78, 5) is 5.80. The van der Waals surface area contributed by atoms with E-state index < -0.39 is 0 Å². The van der Waals surface area contributed by atoms with Crippen molar-refractivity contribution in [2.24, 2.45) is 7.05 Å². The number of hydrogen-bond donors (Lipinski definition) is 1. The van der Waals surface area contributed by atoms with Crippen molar-refractivity contribution in [1.29, 1.82) is 0 Å². The van der Waals surface area contributed by atoms with Crippen LogP contribution in [0.3, 0.4) is 0 Å². The van der Waals surface area contributed by atoms with Crippen LogP contribution >= 0.6 is 11.3 Å². The molecule has 2 aromatic rings. The maximum Gasteiger partial charge on any atom is 0.131 e. The van der Waals surface area contributed by atoms with Crippen molar-refractivity contribution < 1.29 is 4.74 Å². The van der Waals surface area contributed by atoms with Gasteiger partial charge in [0.25, 0.3) is 0 Å². The van der Waals surface area contributed by atoms with Crippen LogP contribution in [0.2, 0.25) is 0 Å². The minimum absolute atomic E-state index is 0.153. The second-order valence-electron chi connectivity index (χ2n) is 5.24. The van der Waals surface area contributed by atoms with Gasteiger partial charge in [-0.05, 0) is 30.7 Å². The fourth-order valence-corrected chi connectivity index (χ4v) is 3.44. The third-order valence-corrected chi connectivity index (χ3v) is 4.71. The molecule has 2 atom stereocenters. The molecule has 2 aromatic heterocycles. The van der Waals surface area contributed by atoms with E-state index in [1.165, 1.54) is 17.7 Å². The molecule has 0 aromatic carbocycles. The number of rotatable bonds is 5. The van der Waals surface area contributed by atoms with E-state index in [0.717, 1.165) is 25.4 Å². The molecule has 1 saturated heterocycles. The van der Waals surface area contributed by atoms with Gasteiger partial charge in [0.15, 0.2) is 0 Å². The van der Waals surface area contributed by atoms with Crippen molar-refractivity contribution in [2.45, 2.75) is 31.4 Å². The highest BCUT2D eigenvalue weighted by Crippen LogP contribution is 2.25. The zero-order valence-corrected chi connectivity index (χ0v) is 12.6. The summed E-state index contributed by atoms with van der Waals surface area (Å²) in [6.45, 7) is 1.79.